The van der Waals surface area contributed by atoms with Crippen LogP contribution in [0.4, 0.5) is 0 Å². The molecule has 0 bridgehead atoms. The predicted molar refractivity (Wildman–Crippen MR) is 65.1 cm³/mol. The zero-order valence-electron chi connectivity index (χ0n) is 10.4. The summed E-state index contributed by atoms with van der Waals surface area (Å²) in [4.78, 5) is 1.80. The van der Waals surface area contributed by atoms with Crippen LogP contribution in [0.2, 0.25) is 6.82 Å². The van der Waals surface area contributed by atoms with Crippen molar-refractivity contribution < 1.29 is 18.3 Å². The van der Waals surface area contributed by atoms with Gasteiger partial charge in [0.1, 0.15) is 9.69 Å². The van der Waals surface area contributed by atoms with E-state index in [1.54, 1.807) is 11.9 Å². The van der Waals surface area contributed by atoms with Crippen LogP contribution in [-0.2, 0) is 14.4 Å². The lowest BCUT2D eigenvalue weighted by Crippen LogP contribution is -2.43. The van der Waals surface area contributed by atoms with E-state index in [2.05, 4.69) is 0 Å². The fourth-order valence-electron chi connectivity index (χ4n) is 1.43. The lowest BCUT2D eigenvalue weighted by Gasteiger charge is -2.28. The zero-order chi connectivity index (χ0) is 12.8. The highest BCUT2D eigenvalue weighted by Gasteiger charge is 2.26. The van der Waals surface area contributed by atoms with Crippen LogP contribution in [0.25, 0.3) is 0 Å². The molecule has 0 aliphatic carbocycles. The molecule has 16 heavy (non-hydrogen) atoms. The number of likely N-dealkylation sites (N-methyl/N-ethyl adjacent to an activating group) is 1. The van der Waals surface area contributed by atoms with Gasteiger partial charge in [0.15, 0.2) is 5.44 Å². The number of nitrogens with zero attached hydrogens (tertiary/aromatic N) is 1. The van der Waals surface area contributed by atoms with Crippen molar-refractivity contribution in [2.45, 2.75) is 31.6 Å². The minimum Gasteiger partial charge on any atom is -0.395 e. The van der Waals surface area contributed by atoms with Crippen molar-refractivity contribution in [3.8, 4) is 0 Å². The molecular weight excluding hydrogens is 229 g/mol. The third-order valence-corrected chi connectivity index (χ3v) is 4.43. The molecule has 95 valence electrons. The first kappa shape index (κ1) is 15.9. The van der Waals surface area contributed by atoms with E-state index in [9.17, 15) is 8.42 Å². The summed E-state index contributed by atoms with van der Waals surface area (Å²) in [5, 5.41) is 9.10. The van der Waals surface area contributed by atoms with Gasteiger partial charge in [-0.1, -0.05) is 13.7 Å². The molecule has 2 unspecified atom stereocenters. The summed E-state index contributed by atoms with van der Waals surface area (Å²) in [7, 11) is -0.172. The third kappa shape index (κ3) is 4.41. The van der Waals surface area contributed by atoms with Gasteiger partial charge in [0.2, 0.25) is 0 Å². The van der Waals surface area contributed by atoms with Crippen molar-refractivity contribution in [1.29, 1.82) is 0 Å². The van der Waals surface area contributed by atoms with E-state index in [0.29, 0.717) is 0 Å². The summed E-state index contributed by atoms with van der Waals surface area (Å²) < 4.78 is 28.2. The maximum Gasteiger partial charge on any atom is 0.279 e. The number of ether oxygens (including phenoxy) is 1. The summed E-state index contributed by atoms with van der Waals surface area (Å²) in [6.07, 6.45) is 0.763. The Hall–Kier alpha value is -0.105. The highest BCUT2D eigenvalue weighted by Crippen LogP contribution is 2.08. The van der Waals surface area contributed by atoms with Crippen molar-refractivity contribution in [2.24, 2.45) is 0 Å². The van der Waals surface area contributed by atoms with Crippen LogP contribution in [0, 0.1) is 0 Å². The Labute approximate surface area is 98.8 Å². The van der Waals surface area contributed by atoms with Crippen LogP contribution in [0.5, 0.6) is 0 Å². The molecule has 1 N–H and O–H groups in total. The molecule has 0 aromatic heterocycles. The molecule has 0 aliphatic rings. The van der Waals surface area contributed by atoms with Gasteiger partial charge in [-0.25, -0.2) is 8.42 Å². The number of hydrogen-bond donors (Lipinski definition) is 1. The fourth-order valence-corrected chi connectivity index (χ4v) is 2.44. The van der Waals surface area contributed by atoms with Gasteiger partial charge in [-0.05, 0) is 13.5 Å². The topological polar surface area (TPSA) is 66.8 Å². The van der Waals surface area contributed by atoms with Crippen molar-refractivity contribution in [2.75, 3.05) is 27.3 Å². The maximum absolute atomic E-state index is 11.6. The Kier molecular flexibility index (Phi) is 7.22. The summed E-state index contributed by atoms with van der Waals surface area (Å²) in [5.41, 5.74) is -0.872. The maximum atomic E-state index is 11.6. The van der Waals surface area contributed by atoms with Gasteiger partial charge in [0, 0.05) is 19.7 Å². The Bertz CT molecular complexity index is 279. The molecule has 0 spiro atoms. The van der Waals surface area contributed by atoms with Crippen LogP contribution in [-0.4, -0.2) is 63.8 Å². The number of methoxy groups -OCH3 is 1. The second-order valence-electron chi connectivity index (χ2n) is 3.67. The molecule has 0 aliphatic heterocycles. The molecule has 2 atom stereocenters. The van der Waals surface area contributed by atoms with Gasteiger partial charge in [0.05, 0.1) is 6.61 Å². The number of aliphatic hydroxyl groups excluding tert-OH is 1. The van der Waals surface area contributed by atoms with Gasteiger partial charge in [-0.3, -0.25) is 4.90 Å². The molecule has 0 heterocycles. The average Bonchev–Trinajstić information content (AvgIpc) is 2.27. The largest absolute Gasteiger partial charge is 0.395 e. The third-order valence-electron chi connectivity index (χ3n) is 2.70. The number of hydrogen-bond acceptors (Lipinski definition) is 5. The van der Waals surface area contributed by atoms with Gasteiger partial charge in [0.25, 0.3) is 6.56 Å². The minimum absolute atomic E-state index is 0.0132. The highest BCUT2D eigenvalue weighted by atomic mass is 32.2. The lowest BCUT2D eigenvalue weighted by atomic mass is 10.2. The average molecular weight is 250 g/mol. The molecule has 0 rings (SSSR count). The second kappa shape index (κ2) is 7.27. The minimum atomic E-state index is -3.33. The molecule has 0 fully saturated rings. The normalized spacial score (nSPS) is 16.1. The monoisotopic (exact) mass is 250 g/mol. The zero-order valence-corrected chi connectivity index (χ0v) is 11.2. The Morgan fingerprint density at radius 3 is 2.38 bits per heavy atom. The smallest absolute Gasteiger partial charge is 0.279 e. The first-order valence-corrected chi connectivity index (χ1v) is 6.91. The molecule has 1 radical (unpaired) electrons. The lowest BCUT2D eigenvalue weighted by molar-refractivity contribution is 0.0857. The molecular formula is C9H21BNO4S. The molecule has 0 aromatic rings. The van der Waals surface area contributed by atoms with E-state index in [4.69, 9.17) is 9.84 Å². The summed E-state index contributed by atoms with van der Waals surface area (Å²) >= 11 is 0. The number of aliphatic hydroxyl groups is 1. The van der Waals surface area contributed by atoms with Crippen LogP contribution in [0.15, 0.2) is 0 Å². The molecule has 5 nitrogen and oxygen atoms in total. The quantitative estimate of drug-likeness (QED) is 0.601. The van der Waals surface area contributed by atoms with Crippen molar-refractivity contribution in [3.05, 3.63) is 0 Å². The van der Waals surface area contributed by atoms with Crippen LogP contribution >= 0.6 is 0 Å². The molecule has 0 amide bonds. The molecule has 7 heteroatoms. The summed E-state index contributed by atoms with van der Waals surface area (Å²) in [6, 6.07) is -0.0373. The van der Waals surface area contributed by atoms with Gasteiger partial charge in [-0.2, -0.15) is 0 Å². The van der Waals surface area contributed by atoms with E-state index in [0.717, 1.165) is 13.0 Å². The molecule has 0 aromatic carbocycles. The van der Waals surface area contributed by atoms with E-state index >= 15 is 0 Å². The predicted octanol–water partition coefficient (Wildman–Crippen LogP) is -0.256. The van der Waals surface area contributed by atoms with Crippen LogP contribution in [0.3, 0.4) is 0 Å². The second-order valence-corrected chi connectivity index (χ2v) is 5.85. The van der Waals surface area contributed by atoms with E-state index in [1.165, 1.54) is 13.9 Å². The highest BCUT2D eigenvalue weighted by molar-refractivity contribution is 8.15. The SMILES string of the molecule is C[B]S(=O)(=O)C(CN(C)C(CC)CO)OC. The number of rotatable bonds is 8. The standard InChI is InChI=1S/C9H21BNO4S/c1-5-8(7-12)11(3)6-9(15-4)16(13,14)10-2/h8-9,12H,5-7H2,1-4H3. The van der Waals surface area contributed by atoms with Crippen molar-refractivity contribution >= 4 is 16.2 Å². The molecule has 0 saturated carbocycles. The van der Waals surface area contributed by atoms with Crippen molar-refractivity contribution in [3.63, 3.8) is 0 Å². The first-order valence-electron chi connectivity index (χ1n) is 5.30. The summed E-state index contributed by atoms with van der Waals surface area (Å²) in [5.74, 6) is 0. The Morgan fingerprint density at radius 2 is 2.06 bits per heavy atom. The first-order chi connectivity index (χ1) is 7.42. The molecule has 0 saturated heterocycles. The van der Waals surface area contributed by atoms with E-state index in [-0.39, 0.29) is 19.2 Å². The van der Waals surface area contributed by atoms with E-state index in [1.807, 2.05) is 6.92 Å². The fraction of sp³-hybridized carbons (Fsp3) is 1.00. The van der Waals surface area contributed by atoms with Gasteiger partial charge >= 0.3 is 0 Å². The van der Waals surface area contributed by atoms with E-state index < -0.39 is 15.1 Å². The Morgan fingerprint density at radius 1 is 1.50 bits per heavy atom. The van der Waals surface area contributed by atoms with Gasteiger partial charge < -0.3 is 9.84 Å². The Balaban J connectivity index is 4.55. The van der Waals surface area contributed by atoms with Crippen LogP contribution in [0.1, 0.15) is 13.3 Å². The van der Waals surface area contributed by atoms with Gasteiger partial charge in [-0.15, -0.1) is 0 Å². The van der Waals surface area contributed by atoms with Crippen LogP contribution < -0.4 is 0 Å². The van der Waals surface area contributed by atoms with Crippen molar-refractivity contribution in [1.82, 2.24) is 4.90 Å². The summed E-state index contributed by atoms with van der Waals surface area (Å²) in [6.45, 7) is 4.83.